The minimum atomic E-state index is -0.850. The van der Waals surface area contributed by atoms with Crippen molar-refractivity contribution in [3.8, 4) is 11.3 Å². The van der Waals surface area contributed by atoms with Crippen molar-refractivity contribution in [1.29, 1.82) is 0 Å². The first-order chi connectivity index (χ1) is 17.1. The van der Waals surface area contributed by atoms with Gasteiger partial charge in [0.1, 0.15) is 0 Å². The van der Waals surface area contributed by atoms with Crippen molar-refractivity contribution < 1.29 is 9.90 Å². The van der Waals surface area contributed by atoms with E-state index in [-0.39, 0.29) is 0 Å². The summed E-state index contributed by atoms with van der Waals surface area (Å²) in [5.74, 6) is -0.305. The van der Waals surface area contributed by atoms with E-state index in [1.54, 1.807) is 6.07 Å². The molecular formula is C30H37N3O2. The highest BCUT2D eigenvalue weighted by Crippen LogP contribution is 2.47. The quantitative estimate of drug-likeness (QED) is 0.470. The van der Waals surface area contributed by atoms with Crippen molar-refractivity contribution in [3.05, 3.63) is 53.6 Å². The zero-order valence-corrected chi connectivity index (χ0v) is 20.9. The van der Waals surface area contributed by atoms with Gasteiger partial charge in [0.15, 0.2) is 0 Å². The first kappa shape index (κ1) is 22.7. The molecule has 1 saturated heterocycles. The molecule has 1 saturated carbocycles. The number of hydrogen-bond donors (Lipinski definition) is 1. The van der Waals surface area contributed by atoms with E-state index >= 15 is 0 Å². The SMILES string of the molecule is CC1CCCN1CCN1CCn2c(c(C3CCCCC3)c3ccc(C(=O)O)cc32)-c2ccccc21. The van der Waals surface area contributed by atoms with Crippen molar-refractivity contribution in [1.82, 2.24) is 9.47 Å². The Hall–Kier alpha value is -2.79. The third-order valence-electron chi connectivity index (χ3n) is 8.81. The second kappa shape index (κ2) is 9.34. The lowest BCUT2D eigenvalue weighted by molar-refractivity contribution is 0.0697. The van der Waals surface area contributed by atoms with Crippen LogP contribution >= 0.6 is 0 Å². The van der Waals surface area contributed by atoms with Gasteiger partial charge in [0, 0.05) is 54.4 Å². The molecule has 0 bridgehead atoms. The number of fused-ring (bicyclic) bond motifs is 5. The Morgan fingerprint density at radius 3 is 2.54 bits per heavy atom. The van der Waals surface area contributed by atoms with E-state index in [9.17, 15) is 9.90 Å². The van der Waals surface area contributed by atoms with E-state index in [2.05, 4.69) is 51.6 Å². The van der Waals surface area contributed by atoms with Crippen molar-refractivity contribution in [2.24, 2.45) is 0 Å². The number of carbonyl (C=O) groups is 1. The molecular weight excluding hydrogens is 434 g/mol. The lowest BCUT2D eigenvalue weighted by Gasteiger charge is -2.29. The smallest absolute Gasteiger partial charge is 0.335 e. The fourth-order valence-electron chi connectivity index (χ4n) is 6.93. The Bertz CT molecular complexity index is 1240. The second-order valence-corrected chi connectivity index (χ2v) is 10.8. The highest BCUT2D eigenvalue weighted by atomic mass is 16.4. The molecule has 5 nitrogen and oxygen atoms in total. The molecule has 6 rings (SSSR count). The Kier molecular flexibility index (Phi) is 6.05. The molecule has 1 aliphatic carbocycles. The summed E-state index contributed by atoms with van der Waals surface area (Å²) in [4.78, 5) is 17.1. The van der Waals surface area contributed by atoms with Crippen LogP contribution in [0.25, 0.3) is 22.2 Å². The van der Waals surface area contributed by atoms with Gasteiger partial charge in [-0.15, -0.1) is 0 Å². The zero-order chi connectivity index (χ0) is 23.9. The lowest BCUT2D eigenvalue weighted by atomic mass is 9.81. The molecule has 1 N–H and O–H groups in total. The fraction of sp³-hybridized carbons (Fsp3) is 0.500. The Labute approximate surface area is 208 Å². The highest BCUT2D eigenvalue weighted by molar-refractivity contribution is 5.99. The van der Waals surface area contributed by atoms with E-state index in [0.29, 0.717) is 17.5 Å². The average molecular weight is 472 g/mol. The Morgan fingerprint density at radius 2 is 1.77 bits per heavy atom. The second-order valence-electron chi connectivity index (χ2n) is 10.8. The van der Waals surface area contributed by atoms with Gasteiger partial charge in [-0.3, -0.25) is 4.90 Å². The molecule has 1 unspecified atom stereocenters. The van der Waals surface area contributed by atoms with Crippen LogP contribution in [0, 0.1) is 0 Å². The van der Waals surface area contributed by atoms with Gasteiger partial charge in [0.25, 0.3) is 0 Å². The molecule has 5 heteroatoms. The number of anilines is 1. The standard InChI is InChI=1S/C30H37N3O2/c1-21-8-7-15-31(21)16-17-32-18-19-33-27-20-23(30(34)35)13-14-24(27)28(22-9-3-2-4-10-22)29(33)25-11-5-6-12-26(25)32/h5-6,11-14,20-22H,2-4,7-10,15-19H2,1H3,(H,34,35). The van der Waals surface area contributed by atoms with Gasteiger partial charge < -0.3 is 14.6 Å². The summed E-state index contributed by atoms with van der Waals surface area (Å²) in [7, 11) is 0. The van der Waals surface area contributed by atoms with Crippen LogP contribution < -0.4 is 4.90 Å². The maximum absolute atomic E-state index is 11.9. The van der Waals surface area contributed by atoms with Crippen LogP contribution in [-0.4, -0.2) is 52.8 Å². The van der Waals surface area contributed by atoms with Gasteiger partial charge in [-0.25, -0.2) is 4.79 Å². The molecule has 2 aromatic carbocycles. The molecule has 2 fully saturated rings. The van der Waals surface area contributed by atoms with E-state index in [1.807, 2.05) is 6.07 Å². The third kappa shape index (κ3) is 4.04. The summed E-state index contributed by atoms with van der Waals surface area (Å²) in [6, 6.07) is 15.4. The van der Waals surface area contributed by atoms with Crippen molar-refractivity contribution in [2.75, 3.05) is 31.1 Å². The van der Waals surface area contributed by atoms with Crippen LogP contribution in [0.3, 0.4) is 0 Å². The van der Waals surface area contributed by atoms with Gasteiger partial charge in [0.2, 0.25) is 0 Å². The molecule has 0 amide bonds. The number of aromatic nitrogens is 1. The summed E-state index contributed by atoms with van der Waals surface area (Å²) in [6.07, 6.45) is 8.97. The summed E-state index contributed by atoms with van der Waals surface area (Å²) in [5, 5.41) is 11.0. The monoisotopic (exact) mass is 471 g/mol. The number of hydrogen-bond acceptors (Lipinski definition) is 3. The van der Waals surface area contributed by atoms with Gasteiger partial charge in [-0.05, 0) is 68.8 Å². The molecule has 1 atom stereocenters. The summed E-state index contributed by atoms with van der Waals surface area (Å²) >= 11 is 0. The fourth-order valence-corrected chi connectivity index (χ4v) is 6.93. The van der Waals surface area contributed by atoms with Gasteiger partial charge in [-0.1, -0.05) is 43.5 Å². The van der Waals surface area contributed by atoms with E-state index < -0.39 is 5.97 Å². The molecule has 0 spiro atoms. The first-order valence-corrected chi connectivity index (χ1v) is 13.6. The van der Waals surface area contributed by atoms with Gasteiger partial charge >= 0.3 is 5.97 Å². The summed E-state index contributed by atoms with van der Waals surface area (Å²) in [6.45, 7) is 7.53. The molecule has 2 aliphatic heterocycles. The molecule has 0 radical (unpaired) electrons. The molecule has 184 valence electrons. The Morgan fingerprint density at radius 1 is 0.943 bits per heavy atom. The van der Waals surface area contributed by atoms with E-state index in [4.69, 9.17) is 0 Å². The van der Waals surface area contributed by atoms with Gasteiger partial charge in [0.05, 0.1) is 11.3 Å². The average Bonchev–Trinajstić information content (AvgIpc) is 3.39. The van der Waals surface area contributed by atoms with Gasteiger partial charge in [-0.2, -0.15) is 0 Å². The van der Waals surface area contributed by atoms with Crippen LogP contribution in [-0.2, 0) is 6.54 Å². The molecule has 3 aromatic rings. The van der Waals surface area contributed by atoms with Crippen LogP contribution in [0.5, 0.6) is 0 Å². The van der Waals surface area contributed by atoms with Crippen LogP contribution in [0.15, 0.2) is 42.5 Å². The van der Waals surface area contributed by atoms with Crippen LogP contribution in [0.1, 0.15) is 73.7 Å². The highest BCUT2D eigenvalue weighted by Gasteiger charge is 2.31. The zero-order valence-electron chi connectivity index (χ0n) is 20.9. The predicted molar refractivity (Wildman–Crippen MR) is 143 cm³/mol. The summed E-state index contributed by atoms with van der Waals surface area (Å²) in [5.41, 5.74) is 6.90. The number of benzene rings is 2. The largest absolute Gasteiger partial charge is 0.478 e. The Balaban J connectivity index is 1.47. The van der Waals surface area contributed by atoms with E-state index in [1.165, 1.54) is 79.4 Å². The number of likely N-dealkylation sites (tertiary alicyclic amines) is 1. The topological polar surface area (TPSA) is 48.7 Å². The number of carboxylic acids is 1. The molecule has 3 aliphatic rings. The van der Waals surface area contributed by atoms with E-state index in [0.717, 1.165) is 31.7 Å². The summed E-state index contributed by atoms with van der Waals surface area (Å²) < 4.78 is 2.45. The third-order valence-corrected chi connectivity index (χ3v) is 8.81. The maximum atomic E-state index is 11.9. The normalized spacial score (nSPS) is 21.2. The maximum Gasteiger partial charge on any atom is 0.335 e. The van der Waals surface area contributed by atoms with Crippen molar-refractivity contribution in [3.63, 3.8) is 0 Å². The molecule has 1 aromatic heterocycles. The minimum absolute atomic E-state index is 0.380. The molecule has 35 heavy (non-hydrogen) atoms. The van der Waals surface area contributed by atoms with Crippen LogP contribution in [0.4, 0.5) is 5.69 Å². The molecule has 3 heterocycles. The number of para-hydroxylation sites is 1. The predicted octanol–water partition coefficient (Wildman–Crippen LogP) is 6.36. The van der Waals surface area contributed by atoms with Crippen LogP contribution in [0.2, 0.25) is 0 Å². The minimum Gasteiger partial charge on any atom is -0.478 e. The lowest BCUT2D eigenvalue weighted by Crippen LogP contribution is -2.37. The first-order valence-electron chi connectivity index (χ1n) is 13.6. The number of aromatic carboxylic acids is 1. The number of carboxylic acid groups (broad SMARTS) is 1. The van der Waals surface area contributed by atoms with Crippen molar-refractivity contribution >= 4 is 22.6 Å². The number of nitrogens with zero attached hydrogens (tertiary/aromatic N) is 3. The number of rotatable bonds is 5. The van der Waals surface area contributed by atoms with Crippen molar-refractivity contribution in [2.45, 2.75) is 70.4 Å².